The van der Waals surface area contributed by atoms with E-state index in [0.717, 1.165) is 22.4 Å². The van der Waals surface area contributed by atoms with E-state index in [1.807, 2.05) is 36.4 Å². The largest absolute Gasteiger partial charge is 0.396 e. The molecule has 3 nitrogen and oxygen atoms in total. The SMILES string of the molecule is CC(C)(C)[Si](OC1c2cc(Cl)ncc2C=Cc2ncc(Cl)cc21)(c1ccccc1)c1ccccc1. The molecule has 0 bridgehead atoms. The molecule has 0 spiro atoms. The molecule has 0 fully saturated rings. The molecule has 0 saturated heterocycles. The zero-order valence-corrected chi connectivity index (χ0v) is 22.4. The molecule has 2 heterocycles. The van der Waals surface area contributed by atoms with Crippen LogP contribution in [-0.2, 0) is 4.43 Å². The van der Waals surface area contributed by atoms with Crippen molar-refractivity contribution in [1.29, 1.82) is 0 Å². The van der Waals surface area contributed by atoms with Crippen LogP contribution in [0.5, 0.6) is 0 Å². The number of benzene rings is 2. The predicted octanol–water partition coefficient (Wildman–Crippen LogP) is 6.93. The standard InChI is InChI=1S/C29H26Cl2N2OSi/c1-29(2,3)35(22-10-6-4-7-11-22,23-12-8-5-9-13-23)34-28-24-17-27(31)33-18-20(24)14-15-26-25(28)16-21(30)19-32-26/h4-19,28H,1-3H3. The molecule has 1 unspecified atom stereocenters. The van der Waals surface area contributed by atoms with Gasteiger partial charge in [0, 0.05) is 18.0 Å². The second-order valence-corrected chi connectivity index (χ2v) is 14.8. The molecule has 0 aliphatic heterocycles. The molecule has 0 amide bonds. The lowest BCUT2D eigenvalue weighted by Gasteiger charge is -2.45. The van der Waals surface area contributed by atoms with Gasteiger partial charge in [0.05, 0.1) is 16.8 Å². The van der Waals surface area contributed by atoms with Gasteiger partial charge in [0.2, 0.25) is 0 Å². The first-order chi connectivity index (χ1) is 16.8. The molecule has 2 aromatic carbocycles. The average Bonchev–Trinajstić information content (AvgIpc) is 2.99. The molecule has 4 aromatic rings. The molecular weight excluding hydrogens is 491 g/mol. The highest BCUT2D eigenvalue weighted by Gasteiger charge is 2.52. The number of rotatable bonds is 4. The van der Waals surface area contributed by atoms with Crippen LogP contribution in [0.25, 0.3) is 12.2 Å². The Labute approximate surface area is 217 Å². The van der Waals surface area contributed by atoms with Crippen LogP contribution >= 0.6 is 23.2 Å². The summed E-state index contributed by atoms with van der Waals surface area (Å²) in [4.78, 5) is 8.97. The molecule has 0 saturated carbocycles. The number of hydrogen-bond donors (Lipinski definition) is 0. The van der Waals surface area contributed by atoms with E-state index in [2.05, 4.69) is 79.3 Å². The predicted molar refractivity (Wildman–Crippen MR) is 148 cm³/mol. The average molecular weight is 518 g/mol. The van der Waals surface area contributed by atoms with E-state index in [0.29, 0.717) is 10.2 Å². The van der Waals surface area contributed by atoms with Gasteiger partial charge in [0.1, 0.15) is 5.15 Å². The van der Waals surface area contributed by atoms with Crippen LogP contribution in [0.15, 0.2) is 85.2 Å². The van der Waals surface area contributed by atoms with Crippen molar-refractivity contribution in [1.82, 2.24) is 9.97 Å². The Bertz CT molecular complexity index is 1290. The first kappa shape index (κ1) is 24.0. The van der Waals surface area contributed by atoms with Gasteiger partial charge in [0.15, 0.2) is 0 Å². The molecule has 2 aromatic heterocycles. The summed E-state index contributed by atoms with van der Waals surface area (Å²) < 4.78 is 7.57. The number of hydrogen-bond acceptors (Lipinski definition) is 3. The van der Waals surface area contributed by atoms with Gasteiger partial charge in [-0.3, -0.25) is 4.98 Å². The Morgan fingerprint density at radius 1 is 0.771 bits per heavy atom. The Balaban J connectivity index is 1.82. The third-order valence-corrected chi connectivity index (χ3v) is 12.0. The lowest BCUT2D eigenvalue weighted by Crippen LogP contribution is -2.67. The summed E-state index contributed by atoms with van der Waals surface area (Å²) in [6, 6.07) is 25.1. The van der Waals surface area contributed by atoms with Crippen molar-refractivity contribution in [3.05, 3.63) is 118 Å². The van der Waals surface area contributed by atoms with Gasteiger partial charge in [-0.15, -0.1) is 0 Å². The van der Waals surface area contributed by atoms with Crippen molar-refractivity contribution in [2.45, 2.75) is 31.9 Å². The fourth-order valence-corrected chi connectivity index (χ4v) is 9.92. The van der Waals surface area contributed by atoms with Crippen molar-refractivity contribution in [3.8, 4) is 0 Å². The fourth-order valence-electron chi connectivity index (χ4n) is 4.97. The maximum atomic E-state index is 7.57. The Hall–Kier alpha value is -2.76. The van der Waals surface area contributed by atoms with Crippen LogP contribution in [0.2, 0.25) is 15.2 Å². The van der Waals surface area contributed by atoms with Crippen LogP contribution in [0, 0.1) is 0 Å². The molecule has 1 aliphatic carbocycles. The smallest absolute Gasteiger partial charge is 0.262 e. The van der Waals surface area contributed by atoms with E-state index >= 15 is 0 Å². The summed E-state index contributed by atoms with van der Waals surface area (Å²) >= 11 is 12.9. The quantitative estimate of drug-likeness (QED) is 0.217. The van der Waals surface area contributed by atoms with E-state index in [1.165, 1.54) is 10.4 Å². The maximum absolute atomic E-state index is 7.57. The first-order valence-corrected chi connectivity index (χ1v) is 14.2. The van der Waals surface area contributed by atoms with Crippen LogP contribution in [0.4, 0.5) is 0 Å². The number of nitrogens with zero attached hydrogens (tertiary/aromatic N) is 2. The van der Waals surface area contributed by atoms with Crippen LogP contribution in [0.3, 0.4) is 0 Å². The van der Waals surface area contributed by atoms with E-state index in [1.54, 1.807) is 12.4 Å². The third kappa shape index (κ3) is 4.36. The first-order valence-electron chi connectivity index (χ1n) is 11.6. The minimum absolute atomic E-state index is 0.196. The highest BCUT2D eigenvalue weighted by atomic mass is 35.5. The molecule has 6 heteroatoms. The lowest BCUT2D eigenvalue weighted by molar-refractivity contribution is 0.229. The van der Waals surface area contributed by atoms with Crippen molar-refractivity contribution in [2.75, 3.05) is 0 Å². The number of fused-ring (bicyclic) bond motifs is 2. The third-order valence-electron chi connectivity index (χ3n) is 6.55. The van der Waals surface area contributed by atoms with E-state index in [-0.39, 0.29) is 5.04 Å². The molecule has 5 rings (SSSR count). The fraction of sp³-hybridized carbons (Fsp3) is 0.172. The van der Waals surface area contributed by atoms with E-state index in [4.69, 9.17) is 27.6 Å². The van der Waals surface area contributed by atoms with Crippen molar-refractivity contribution >= 4 is 54.0 Å². The summed E-state index contributed by atoms with van der Waals surface area (Å²) in [5, 5.41) is 3.20. The van der Waals surface area contributed by atoms with Gasteiger partial charge < -0.3 is 4.43 Å². The molecule has 1 atom stereocenters. The van der Waals surface area contributed by atoms with Crippen LogP contribution in [-0.4, -0.2) is 18.3 Å². The zero-order chi connectivity index (χ0) is 24.6. The zero-order valence-electron chi connectivity index (χ0n) is 19.9. The summed E-state index contributed by atoms with van der Waals surface area (Å²) in [6.45, 7) is 6.81. The molecular formula is C29H26Cl2N2OSi. The van der Waals surface area contributed by atoms with Gasteiger partial charge in [-0.05, 0) is 44.7 Å². The Morgan fingerprint density at radius 2 is 1.40 bits per heavy atom. The van der Waals surface area contributed by atoms with Crippen LogP contribution in [0.1, 0.15) is 49.3 Å². The van der Waals surface area contributed by atoms with E-state index < -0.39 is 14.4 Å². The number of aromatic nitrogens is 2. The van der Waals surface area contributed by atoms with Gasteiger partial charge in [-0.1, -0.05) is 111 Å². The second kappa shape index (κ2) is 9.36. The minimum Gasteiger partial charge on any atom is -0.396 e. The minimum atomic E-state index is -2.89. The Morgan fingerprint density at radius 3 is 2.00 bits per heavy atom. The van der Waals surface area contributed by atoms with Crippen molar-refractivity contribution in [2.24, 2.45) is 0 Å². The highest BCUT2D eigenvalue weighted by molar-refractivity contribution is 6.99. The maximum Gasteiger partial charge on any atom is 0.262 e. The summed E-state index contributed by atoms with van der Waals surface area (Å²) in [6.07, 6.45) is 7.05. The van der Waals surface area contributed by atoms with Gasteiger partial charge in [-0.2, -0.15) is 0 Å². The summed E-state index contributed by atoms with van der Waals surface area (Å²) in [5.41, 5.74) is 3.65. The lowest BCUT2D eigenvalue weighted by atomic mass is 10.0. The van der Waals surface area contributed by atoms with Gasteiger partial charge >= 0.3 is 0 Å². The highest BCUT2D eigenvalue weighted by Crippen LogP contribution is 2.44. The molecule has 0 N–H and O–H groups in total. The Kier molecular flexibility index (Phi) is 6.41. The summed E-state index contributed by atoms with van der Waals surface area (Å²) in [5.74, 6) is 0. The molecule has 176 valence electrons. The second-order valence-electron chi connectivity index (χ2n) is 9.76. The van der Waals surface area contributed by atoms with Crippen LogP contribution < -0.4 is 10.4 Å². The molecule has 1 aliphatic rings. The van der Waals surface area contributed by atoms with Gasteiger partial charge in [-0.25, -0.2) is 4.98 Å². The molecule has 0 radical (unpaired) electrons. The number of pyridine rings is 2. The van der Waals surface area contributed by atoms with Crippen molar-refractivity contribution < 1.29 is 4.43 Å². The molecule has 35 heavy (non-hydrogen) atoms. The van der Waals surface area contributed by atoms with Crippen molar-refractivity contribution in [3.63, 3.8) is 0 Å². The normalized spacial score (nSPS) is 15.3. The summed E-state index contributed by atoms with van der Waals surface area (Å²) in [7, 11) is -2.89. The monoisotopic (exact) mass is 516 g/mol. The topological polar surface area (TPSA) is 35.0 Å². The van der Waals surface area contributed by atoms with E-state index in [9.17, 15) is 0 Å². The number of halogens is 2. The van der Waals surface area contributed by atoms with Gasteiger partial charge in [0.25, 0.3) is 8.32 Å².